The van der Waals surface area contributed by atoms with E-state index in [0.29, 0.717) is 12.8 Å². The Labute approximate surface area is 212 Å². The summed E-state index contributed by atoms with van der Waals surface area (Å²) in [7, 11) is -3.61. The number of carbonyl (C=O) groups excluding carboxylic acids is 2. The lowest BCUT2D eigenvalue weighted by Gasteiger charge is -2.15. The SMILES string of the molecule is N[C@@H](CCCCNS(=O)(=O)c1ccc(Br)cc1)C(=O)OC(=O)C1c2ccccc2-c2ccccc21. The van der Waals surface area contributed by atoms with Crippen molar-refractivity contribution in [1.82, 2.24) is 4.72 Å². The van der Waals surface area contributed by atoms with Crippen molar-refractivity contribution in [3.05, 3.63) is 88.4 Å². The molecule has 9 heteroatoms. The highest BCUT2D eigenvalue weighted by molar-refractivity contribution is 9.10. The van der Waals surface area contributed by atoms with Crippen LogP contribution in [0.1, 0.15) is 36.3 Å². The highest BCUT2D eigenvalue weighted by atomic mass is 79.9. The zero-order valence-corrected chi connectivity index (χ0v) is 21.2. The number of halogens is 1. The molecule has 3 aromatic rings. The molecule has 0 radical (unpaired) electrons. The van der Waals surface area contributed by atoms with Gasteiger partial charge in [-0.25, -0.2) is 17.9 Å². The van der Waals surface area contributed by atoms with Crippen LogP contribution in [0.25, 0.3) is 11.1 Å². The van der Waals surface area contributed by atoms with Crippen LogP contribution in [-0.4, -0.2) is 32.9 Å². The number of hydrogen-bond donors (Lipinski definition) is 2. The number of fused-ring (bicyclic) bond motifs is 3. The number of unbranched alkanes of at least 4 members (excludes halogenated alkanes) is 1. The second kappa shape index (κ2) is 10.8. The average molecular weight is 557 g/mol. The predicted octanol–water partition coefficient (Wildman–Crippen LogP) is 4.11. The number of nitrogens with two attached hydrogens (primary N) is 1. The smallest absolute Gasteiger partial charge is 0.330 e. The zero-order chi connectivity index (χ0) is 25.0. The fourth-order valence-electron chi connectivity index (χ4n) is 4.15. The van der Waals surface area contributed by atoms with Crippen molar-refractivity contribution >= 4 is 37.9 Å². The first-order valence-electron chi connectivity index (χ1n) is 11.2. The average Bonchev–Trinajstić information content (AvgIpc) is 3.18. The monoisotopic (exact) mass is 556 g/mol. The number of ether oxygens (including phenoxy) is 1. The summed E-state index contributed by atoms with van der Waals surface area (Å²) < 4.78 is 33.1. The second-order valence-electron chi connectivity index (χ2n) is 8.30. The number of benzene rings is 3. The number of nitrogens with one attached hydrogen (secondary N) is 1. The molecular weight excluding hydrogens is 532 g/mol. The molecule has 0 saturated heterocycles. The Morgan fingerprint density at radius 2 is 1.49 bits per heavy atom. The quantitative estimate of drug-likeness (QED) is 0.233. The van der Waals surface area contributed by atoms with Crippen LogP contribution in [0.2, 0.25) is 0 Å². The molecular formula is C26H25BrN2O5S. The maximum absolute atomic E-state index is 12.9. The molecule has 1 aliphatic rings. The van der Waals surface area contributed by atoms with Gasteiger partial charge in [-0.3, -0.25) is 4.79 Å². The van der Waals surface area contributed by atoms with Gasteiger partial charge in [0, 0.05) is 11.0 Å². The molecule has 0 heterocycles. The molecule has 0 amide bonds. The number of sulfonamides is 1. The van der Waals surface area contributed by atoms with Gasteiger partial charge in [0.05, 0.1) is 4.90 Å². The van der Waals surface area contributed by atoms with Gasteiger partial charge in [-0.15, -0.1) is 0 Å². The van der Waals surface area contributed by atoms with Crippen LogP contribution in [0.15, 0.2) is 82.2 Å². The normalized spacial score (nSPS) is 13.7. The van der Waals surface area contributed by atoms with Gasteiger partial charge < -0.3 is 10.5 Å². The molecule has 35 heavy (non-hydrogen) atoms. The molecule has 1 atom stereocenters. The van der Waals surface area contributed by atoms with E-state index in [2.05, 4.69) is 20.7 Å². The molecule has 3 N–H and O–H groups in total. The predicted molar refractivity (Wildman–Crippen MR) is 136 cm³/mol. The zero-order valence-electron chi connectivity index (χ0n) is 18.8. The summed E-state index contributed by atoms with van der Waals surface area (Å²) in [6, 6.07) is 20.5. The Hall–Kier alpha value is -2.85. The first-order chi connectivity index (χ1) is 16.8. The molecule has 0 aliphatic heterocycles. The molecule has 182 valence electrons. The molecule has 0 fully saturated rings. The van der Waals surface area contributed by atoms with E-state index in [1.807, 2.05) is 48.5 Å². The molecule has 0 unspecified atom stereocenters. The number of esters is 2. The minimum Gasteiger partial charge on any atom is -0.391 e. The van der Waals surface area contributed by atoms with Crippen LogP contribution in [0, 0.1) is 0 Å². The van der Waals surface area contributed by atoms with Crippen LogP contribution in [-0.2, 0) is 24.3 Å². The van der Waals surface area contributed by atoms with Crippen molar-refractivity contribution in [2.24, 2.45) is 5.73 Å². The van der Waals surface area contributed by atoms with E-state index < -0.39 is 33.9 Å². The lowest BCUT2D eigenvalue weighted by atomic mass is 9.97. The third kappa shape index (κ3) is 5.70. The van der Waals surface area contributed by atoms with Gasteiger partial charge in [0.1, 0.15) is 12.0 Å². The minimum atomic E-state index is -3.61. The highest BCUT2D eigenvalue weighted by Crippen LogP contribution is 2.45. The Morgan fingerprint density at radius 1 is 0.914 bits per heavy atom. The summed E-state index contributed by atoms with van der Waals surface area (Å²) in [5, 5.41) is 0. The fraction of sp³-hybridized carbons (Fsp3) is 0.231. The number of rotatable bonds is 9. The lowest BCUT2D eigenvalue weighted by molar-refractivity contribution is -0.161. The second-order valence-corrected chi connectivity index (χ2v) is 11.0. The van der Waals surface area contributed by atoms with Gasteiger partial charge in [-0.1, -0.05) is 70.9 Å². The van der Waals surface area contributed by atoms with Gasteiger partial charge in [0.2, 0.25) is 10.0 Å². The van der Waals surface area contributed by atoms with Crippen molar-refractivity contribution in [2.75, 3.05) is 6.54 Å². The molecule has 0 spiro atoms. The van der Waals surface area contributed by atoms with E-state index in [1.54, 1.807) is 12.1 Å². The van der Waals surface area contributed by atoms with Gasteiger partial charge in [-0.05, 0) is 59.4 Å². The van der Waals surface area contributed by atoms with Gasteiger partial charge in [0.25, 0.3) is 0 Å². The van der Waals surface area contributed by atoms with E-state index in [4.69, 9.17) is 10.5 Å². The summed E-state index contributed by atoms with van der Waals surface area (Å²) in [5.74, 6) is -2.11. The van der Waals surface area contributed by atoms with Gasteiger partial charge >= 0.3 is 11.9 Å². The molecule has 1 aliphatic carbocycles. The summed E-state index contributed by atoms with van der Waals surface area (Å²) >= 11 is 3.27. The van der Waals surface area contributed by atoms with E-state index >= 15 is 0 Å². The lowest BCUT2D eigenvalue weighted by Crippen LogP contribution is -2.35. The van der Waals surface area contributed by atoms with E-state index in [0.717, 1.165) is 26.7 Å². The summed E-state index contributed by atoms with van der Waals surface area (Å²) in [6.45, 7) is 0.203. The molecule has 0 saturated carbocycles. The minimum absolute atomic E-state index is 0.176. The Kier molecular flexibility index (Phi) is 7.81. The van der Waals surface area contributed by atoms with Crippen molar-refractivity contribution < 1.29 is 22.7 Å². The third-order valence-corrected chi connectivity index (χ3v) is 7.94. The molecule has 0 bridgehead atoms. The van der Waals surface area contributed by atoms with Crippen LogP contribution in [0.3, 0.4) is 0 Å². The molecule has 3 aromatic carbocycles. The van der Waals surface area contributed by atoms with Crippen LogP contribution in [0.4, 0.5) is 0 Å². The van der Waals surface area contributed by atoms with E-state index in [-0.39, 0.29) is 17.9 Å². The van der Waals surface area contributed by atoms with Crippen molar-refractivity contribution in [3.8, 4) is 11.1 Å². The van der Waals surface area contributed by atoms with E-state index in [9.17, 15) is 18.0 Å². The maximum Gasteiger partial charge on any atom is 0.330 e. The Morgan fingerprint density at radius 3 is 2.09 bits per heavy atom. The summed E-state index contributed by atoms with van der Waals surface area (Å²) in [4.78, 5) is 25.6. The van der Waals surface area contributed by atoms with Crippen molar-refractivity contribution in [1.29, 1.82) is 0 Å². The van der Waals surface area contributed by atoms with Crippen LogP contribution in [0.5, 0.6) is 0 Å². The molecule has 7 nitrogen and oxygen atoms in total. The highest BCUT2D eigenvalue weighted by Gasteiger charge is 2.36. The molecule has 0 aromatic heterocycles. The topological polar surface area (TPSA) is 116 Å². The van der Waals surface area contributed by atoms with E-state index in [1.165, 1.54) is 12.1 Å². The standard InChI is InChI=1S/C26H25BrN2O5S/c27-17-12-14-18(15-13-17)35(32,33)29-16-6-5-11-23(28)25(30)34-26(31)24-21-9-3-1-7-19(21)20-8-2-4-10-22(20)24/h1-4,7-10,12-15,23-24,29H,5-6,11,16,28H2/t23-/m0/s1. The first kappa shape index (κ1) is 25.2. The van der Waals surface area contributed by atoms with Crippen LogP contribution >= 0.6 is 15.9 Å². The summed E-state index contributed by atoms with van der Waals surface area (Å²) in [6.07, 6.45) is 1.24. The summed E-state index contributed by atoms with van der Waals surface area (Å²) in [5.41, 5.74) is 9.47. The van der Waals surface area contributed by atoms with Crippen molar-refractivity contribution in [2.45, 2.75) is 36.1 Å². The fourth-order valence-corrected chi connectivity index (χ4v) is 5.49. The van der Waals surface area contributed by atoms with Gasteiger partial charge in [-0.2, -0.15) is 0 Å². The van der Waals surface area contributed by atoms with Crippen molar-refractivity contribution in [3.63, 3.8) is 0 Å². The van der Waals surface area contributed by atoms with Gasteiger partial charge in [0.15, 0.2) is 0 Å². The first-order valence-corrected chi connectivity index (χ1v) is 13.5. The number of carbonyl (C=O) groups is 2. The third-order valence-electron chi connectivity index (χ3n) is 5.93. The molecule has 4 rings (SSSR count). The van der Waals surface area contributed by atoms with Crippen LogP contribution < -0.4 is 10.5 Å². The largest absolute Gasteiger partial charge is 0.391 e. The number of hydrogen-bond acceptors (Lipinski definition) is 6. The Bertz CT molecular complexity index is 1300. The maximum atomic E-state index is 12.9. The Balaban J connectivity index is 1.27.